The van der Waals surface area contributed by atoms with E-state index in [2.05, 4.69) is 14.7 Å². The lowest BCUT2D eigenvalue weighted by molar-refractivity contribution is 0.179. The Hall–Kier alpha value is -3.46. The number of piperazine rings is 1. The van der Waals surface area contributed by atoms with Crippen LogP contribution in [0.2, 0.25) is 5.02 Å². The second-order valence-electron chi connectivity index (χ2n) is 7.81. The zero-order valence-electron chi connectivity index (χ0n) is 17.6. The van der Waals surface area contributed by atoms with Crippen molar-refractivity contribution in [1.29, 1.82) is 5.26 Å². The van der Waals surface area contributed by atoms with Gasteiger partial charge >= 0.3 is 0 Å². The van der Waals surface area contributed by atoms with Crippen LogP contribution < -0.4 is 10.5 Å². The molecule has 1 aromatic carbocycles. The van der Waals surface area contributed by atoms with E-state index in [0.717, 1.165) is 0 Å². The number of pyridine rings is 2. The highest BCUT2D eigenvalue weighted by Crippen LogP contribution is 2.31. The first-order chi connectivity index (χ1) is 15.3. The maximum atomic E-state index is 14.3. The highest BCUT2D eigenvalue weighted by Gasteiger charge is 2.30. The molecule has 0 unspecified atom stereocenters. The quantitative estimate of drug-likeness (QED) is 0.567. The number of rotatable bonds is 3. The van der Waals surface area contributed by atoms with Crippen LogP contribution in [0.1, 0.15) is 18.1 Å². The Morgan fingerprint density at radius 2 is 2.12 bits per heavy atom. The molecule has 0 bridgehead atoms. The zero-order chi connectivity index (χ0) is 23.0. The molecule has 32 heavy (non-hydrogen) atoms. The predicted octanol–water partition coefficient (Wildman–Crippen LogP) is 3.86. The molecule has 1 aliphatic heterocycles. The monoisotopic (exact) mass is 450 g/mol. The third-order valence-corrected chi connectivity index (χ3v) is 6.28. The number of nitrogens with zero attached hydrogens (tertiary/aromatic N) is 6. The standard InChI is InChI=1S/C23H20ClFN6O/c1-14-12-31(10-9-30(14)13-16-17(24)5-4-6-18(16)25)22-15(11-26)23(32)29(3)19-7-8-20(27-2)28-21(19)22/h4-8,14H,9-10,12-13H2,1,3H3/t14-/m1/s1. The van der Waals surface area contributed by atoms with Crippen LogP contribution in [0.25, 0.3) is 15.9 Å². The van der Waals surface area contributed by atoms with Gasteiger partial charge < -0.3 is 14.3 Å². The summed E-state index contributed by atoms with van der Waals surface area (Å²) in [5.41, 5.74) is 1.52. The molecule has 1 atom stereocenters. The number of aromatic nitrogens is 2. The van der Waals surface area contributed by atoms with Gasteiger partial charge in [-0.25, -0.2) is 4.39 Å². The van der Waals surface area contributed by atoms with Crippen LogP contribution in [0.5, 0.6) is 0 Å². The molecule has 0 saturated carbocycles. The summed E-state index contributed by atoms with van der Waals surface area (Å²) in [5, 5.41) is 10.2. The molecule has 0 aliphatic carbocycles. The van der Waals surface area contributed by atoms with Gasteiger partial charge in [-0.3, -0.25) is 9.69 Å². The predicted molar refractivity (Wildman–Crippen MR) is 121 cm³/mol. The molecule has 162 valence electrons. The number of fused-ring (bicyclic) bond motifs is 1. The number of halogens is 2. The van der Waals surface area contributed by atoms with Crippen LogP contribution in [-0.2, 0) is 13.6 Å². The van der Waals surface area contributed by atoms with Crippen molar-refractivity contribution in [3.05, 3.63) is 74.1 Å². The third-order valence-electron chi connectivity index (χ3n) is 5.93. The molecule has 0 radical (unpaired) electrons. The van der Waals surface area contributed by atoms with Gasteiger partial charge in [0.1, 0.15) is 23.1 Å². The van der Waals surface area contributed by atoms with Gasteiger partial charge in [0.15, 0.2) is 0 Å². The van der Waals surface area contributed by atoms with E-state index in [1.165, 1.54) is 10.6 Å². The lowest BCUT2D eigenvalue weighted by Gasteiger charge is -2.41. The molecule has 0 spiro atoms. The largest absolute Gasteiger partial charge is 0.364 e. The van der Waals surface area contributed by atoms with E-state index in [9.17, 15) is 14.4 Å². The minimum atomic E-state index is -0.402. The number of nitriles is 1. The van der Waals surface area contributed by atoms with Crippen molar-refractivity contribution in [2.45, 2.75) is 19.5 Å². The molecular formula is C23H20ClFN6O. The molecule has 2 aromatic heterocycles. The molecular weight excluding hydrogens is 431 g/mol. The Labute approximate surface area is 189 Å². The molecule has 0 amide bonds. The Morgan fingerprint density at radius 1 is 1.34 bits per heavy atom. The number of aryl methyl sites for hydroxylation is 1. The first-order valence-corrected chi connectivity index (χ1v) is 10.5. The van der Waals surface area contributed by atoms with Crippen LogP contribution in [0.15, 0.2) is 35.1 Å². The van der Waals surface area contributed by atoms with Crippen molar-refractivity contribution in [2.75, 3.05) is 24.5 Å². The van der Waals surface area contributed by atoms with E-state index < -0.39 is 5.56 Å². The minimum Gasteiger partial charge on any atom is -0.364 e. The highest BCUT2D eigenvalue weighted by atomic mass is 35.5. The Kier molecular flexibility index (Phi) is 5.84. The molecule has 1 aliphatic rings. The summed E-state index contributed by atoms with van der Waals surface area (Å²) in [7, 11) is 1.59. The topological polar surface area (TPSA) is 69.5 Å². The van der Waals surface area contributed by atoms with Crippen LogP contribution in [0, 0.1) is 23.7 Å². The van der Waals surface area contributed by atoms with Crippen LogP contribution in [-0.4, -0.2) is 40.1 Å². The molecule has 4 rings (SSSR count). The van der Waals surface area contributed by atoms with Gasteiger partial charge in [0.2, 0.25) is 5.52 Å². The van der Waals surface area contributed by atoms with Crippen molar-refractivity contribution < 1.29 is 4.39 Å². The first kappa shape index (κ1) is 21.8. The van der Waals surface area contributed by atoms with Gasteiger partial charge in [-0.1, -0.05) is 24.2 Å². The Morgan fingerprint density at radius 3 is 2.78 bits per heavy atom. The zero-order valence-corrected chi connectivity index (χ0v) is 18.4. The van der Waals surface area contributed by atoms with Gasteiger partial charge in [0, 0.05) is 49.9 Å². The summed E-state index contributed by atoms with van der Waals surface area (Å²) >= 11 is 6.20. The van der Waals surface area contributed by atoms with Crippen molar-refractivity contribution >= 4 is 34.1 Å². The number of anilines is 1. The van der Waals surface area contributed by atoms with Crippen molar-refractivity contribution in [1.82, 2.24) is 14.5 Å². The number of hydrogen-bond donors (Lipinski definition) is 0. The minimum absolute atomic E-state index is 0.00545. The number of benzene rings is 1. The molecule has 9 heteroatoms. The van der Waals surface area contributed by atoms with Crippen LogP contribution in [0.4, 0.5) is 15.9 Å². The van der Waals surface area contributed by atoms with Crippen molar-refractivity contribution in [3.63, 3.8) is 0 Å². The first-order valence-electron chi connectivity index (χ1n) is 10.1. The summed E-state index contributed by atoms with van der Waals surface area (Å²) in [5.74, 6) is -0.144. The fourth-order valence-electron chi connectivity index (χ4n) is 4.17. The van der Waals surface area contributed by atoms with E-state index in [4.69, 9.17) is 18.2 Å². The molecule has 1 saturated heterocycles. The maximum Gasteiger partial charge on any atom is 0.271 e. The van der Waals surface area contributed by atoms with Crippen molar-refractivity contribution in [2.24, 2.45) is 7.05 Å². The molecule has 3 aromatic rings. The second-order valence-corrected chi connectivity index (χ2v) is 8.22. The lowest BCUT2D eigenvalue weighted by atomic mass is 10.1. The molecule has 1 fully saturated rings. The lowest BCUT2D eigenvalue weighted by Crippen LogP contribution is -2.52. The van der Waals surface area contributed by atoms with Gasteiger partial charge in [0.05, 0.1) is 5.52 Å². The molecule has 0 N–H and O–H groups in total. The number of hydrogen-bond acceptors (Lipinski definition) is 5. The van der Waals surface area contributed by atoms with Gasteiger partial charge in [-0.05, 0) is 31.2 Å². The average molecular weight is 451 g/mol. The highest BCUT2D eigenvalue weighted by molar-refractivity contribution is 6.31. The smallest absolute Gasteiger partial charge is 0.271 e. The average Bonchev–Trinajstić information content (AvgIpc) is 2.79. The fourth-order valence-corrected chi connectivity index (χ4v) is 4.40. The maximum absolute atomic E-state index is 14.3. The SMILES string of the molecule is [C-]#[N+]c1ccc2c(n1)c(N1CCN(Cc3c(F)cccc3Cl)[C@H](C)C1)c(C#N)c(=O)n2C. The summed E-state index contributed by atoms with van der Waals surface area (Å²) < 4.78 is 15.7. The van der Waals surface area contributed by atoms with Gasteiger partial charge in [-0.2, -0.15) is 5.26 Å². The fraction of sp³-hybridized carbons (Fsp3) is 0.304. The summed E-state index contributed by atoms with van der Waals surface area (Å²) in [6, 6.07) is 9.93. The summed E-state index contributed by atoms with van der Waals surface area (Å²) in [6.45, 7) is 11.3. The van der Waals surface area contributed by atoms with E-state index in [0.29, 0.717) is 53.5 Å². The Bertz CT molecular complexity index is 1340. The Balaban J connectivity index is 1.72. The van der Waals surface area contributed by atoms with Crippen LogP contribution in [0.3, 0.4) is 0 Å². The van der Waals surface area contributed by atoms with E-state index in [-0.39, 0.29) is 23.2 Å². The van der Waals surface area contributed by atoms with Crippen molar-refractivity contribution in [3.8, 4) is 6.07 Å². The molecule has 3 heterocycles. The summed E-state index contributed by atoms with van der Waals surface area (Å²) in [6.07, 6.45) is 0. The summed E-state index contributed by atoms with van der Waals surface area (Å²) in [4.78, 5) is 24.8. The van der Waals surface area contributed by atoms with E-state index in [1.807, 2.05) is 17.9 Å². The van der Waals surface area contributed by atoms with Gasteiger partial charge in [-0.15, -0.1) is 4.98 Å². The third kappa shape index (κ3) is 3.69. The normalized spacial score (nSPS) is 16.7. The molecule has 7 nitrogen and oxygen atoms in total. The van der Waals surface area contributed by atoms with Gasteiger partial charge in [0.25, 0.3) is 11.4 Å². The van der Waals surface area contributed by atoms with E-state index >= 15 is 0 Å². The second kappa shape index (κ2) is 8.58. The van der Waals surface area contributed by atoms with Crippen LogP contribution >= 0.6 is 11.6 Å². The van der Waals surface area contributed by atoms with E-state index in [1.54, 1.807) is 31.3 Å².